The number of rotatable bonds is 6. The van der Waals surface area contributed by atoms with Gasteiger partial charge in [-0.1, -0.05) is 11.6 Å². The van der Waals surface area contributed by atoms with E-state index in [1.807, 2.05) is 0 Å². The Morgan fingerprint density at radius 3 is 2.74 bits per heavy atom. The molecule has 1 fully saturated rings. The van der Waals surface area contributed by atoms with Crippen molar-refractivity contribution in [3.63, 3.8) is 0 Å². The zero-order valence-electron chi connectivity index (χ0n) is 18.4. The number of aromatic nitrogens is 2. The van der Waals surface area contributed by atoms with Crippen LogP contribution in [0, 0.1) is 11.7 Å². The third kappa shape index (κ3) is 5.60. The SMILES string of the molecule is NC(=O)N1CCC(CN=Cc2nccc(Nc3ccnc(-c4cc(Cl)ccc4F)c3)c2N)CC1. The number of hydrogen-bond acceptors (Lipinski definition) is 6. The molecule has 0 atom stereocenters. The van der Waals surface area contributed by atoms with Gasteiger partial charge in [0, 0.05) is 54.5 Å². The van der Waals surface area contributed by atoms with Gasteiger partial charge in [-0.05, 0) is 55.2 Å². The van der Waals surface area contributed by atoms with Gasteiger partial charge >= 0.3 is 6.03 Å². The minimum absolute atomic E-state index is 0.313. The summed E-state index contributed by atoms with van der Waals surface area (Å²) in [6, 6.07) is 9.21. The number of likely N-dealkylation sites (tertiary alicyclic amines) is 1. The highest BCUT2D eigenvalue weighted by Crippen LogP contribution is 2.29. The molecule has 0 aliphatic carbocycles. The van der Waals surface area contributed by atoms with Crippen LogP contribution in [-0.4, -0.2) is 46.7 Å². The van der Waals surface area contributed by atoms with Crippen molar-refractivity contribution in [1.29, 1.82) is 0 Å². The number of urea groups is 1. The van der Waals surface area contributed by atoms with E-state index in [-0.39, 0.29) is 6.03 Å². The number of carbonyl (C=O) groups is 1. The fraction of sp³-hybridized carbons (Fsp3) is 0.250. The fourth-order valence-corrected chi connectivity index (χ4v) is 4.00. The average molecular weight is 482 g/mol. The molecule has 1 aliphatic rings. The molecule has 0 saturated carbocycles. The number of nitrogens with one attached hydrogen (secondary N) is 1. The van der Waals surface area contributed by atoms with Crippen LogP contribution in [0.15, 0.2) is 53.8 Å². The van der Waals surface area contributed by atoms with Crippen LogP contribution in [0.5, 0.6) is 0 Å². The largest absolute Gasteiger partial charge is 0.395 e. The quantitative estimate of drug-likeness (QED) is 0.448. The van der Waals surface area contributed by atoms with E-state index in [1.165, 1.54) is 18.2 Å². The average Bonchev–Trinajstić information content (AvgIpc) is 2.83. The predicted octanol–water partition coefficient (Wildman–Crippen LogP) is 4.47. The number of benzene rings is 1. The van der Waals surface area contributed by atoms with Gasteiger partial charge in [0.1, 0.15) is 11.5 Å². The molecule has 0 spiro atoms. The molecule has 2 amide bonds. The summed E-state index contributed by atoms with van der Waals surface area (Å²) in [4.78, 5) is 26.0. The summed E-state index contributed by atoms with van der Waals surface area (Å²) in [5, 5.41) is 3.67. The Balaban J connectivity index is 1.44. The zero-order valence-corrected chi connectivity index (χ0v) is 19.2. The number of carbonyl (C=O) groups excluding carboxylic acids is 1. The Kier molecular flexibility index (Phi) is 7.22. The van der Waals surface area contributed by atoms with Gasteiger partial charge < -0.3 is 21.7 Å². The van der Waals surface area contributed by atoms with Gasteiger partial charge in [-0.25, -0.2) is 9.18 Å². The van der Waals surface area contributed by atoms with Gasteiger partial charge in [0.15, 0.2) is 0 Å². The number of halogens is 2. The van der Waals surface area contributed by atoms with Gasteiger partial charge in [-0.2, -0.15) is 0 Å². The van der Waals surface area contributed by atoms with Crippen LogP contribution < -0.4 is 16.8 Å². The number of amides is 2. The minimum atomic E-state index is -0.406. The van der Waals surface area contributed by atoms with Crippen LogP contribution in [0.2, 0.25) is 5.02 Å². The summed E-state index contributed by atoms with van der Waals surface area (Å²) in [6.45, 7) is 1.94. The van der Waals surface area contributed by atoms with E-state index >= 15 is 0 Å². The van der Waals surface area contributed by atoms with Crippen LogP contribution in [0.4, 0.5) is 26.2 Å². The lowest BCUT2D eigenvalue weighted by Crippen LogP contribution is -2.42. The summed E-state index contributed by atoms with van der Waals surface area (Å²) in [5.41, 5.74) is 14.7. The molecular formula is C24H25ClFN7O. The lowest BCUT2D eigenvalue weighted by atomic mass is 9.97. The van der Waals surface area contributed by atoms with Crippen molar-refractivity contribution in [3.8, 4) is 11.3 Å². The maximum Gasteiger partial charge on any atom is 0.314 e. The highest BCUT2D eigenvalue weighted by atomic mass is 35.5. The van der Waals surface area contributed by atoms with Crippen molar-refractivity contribution in [2.75, 3.05) is 30.7 Å². The van der Waals surface area contributed by atoms with Crippen molar-refractivity contribution in [2.24, 2.45) is 16.6 Å². The molecular weight excluding hydrogens is 457 g/mol. The topological polar surface area (TPSA) is 123 Å². The van der Waals surface area contributed by atoms with E-state index in [1.54, 1.807) is 41.7 Å². The third-order valence-corrected chi connectivity index (χ3v) is 6.00. The van der Waals surface area contributed by atoms with E-state index in [0.29, 0.717) is 64.6 Å². The molecule has 10 heteroatoms. The number of nitrogens with zero attached hydrogens (tertiary/aromatic N) is 4. The minimum Gasteiger partial charge on any atom is -0.395 e. The Morgan fingerprint density at radius 2 is 1.97 bits per heavy atom. The Bertz CT molecular complexity index is 1210. The Labute approximate surface area is 201 Å². The molecule has 4 rings (SSSR count). The summed E-state index contributed by atoms with van der Waals surface area (Å²) in [6.07, 6.45) is 6.62. The maximum atomic E-state index is 14.3. The van der Waals surface area contributed by atoms with Crippen LogP contribution >= 0.6 is 11.6 Å². The number of nitrogen functional groups attached to an aromatic ring is 1. The molecule has 1 aliphatic heterocycles. The molecule has 0 unspecified atom stereocenters. The Morgan fingerprint density at radius 1 is 1.21 bits per heavy atom. The molecule has 0 bridgehead atoms. The highest BCUT2D eigenvalue weighted by Gasteiger charge is 2.20. The highest BCUT2D eigenvalue weighted by molar-refractivity contribution is 6.30. The fourth-order valence-electron chi connectivity index (χ4n) is 3.83. The van der Waals surface area contributed by atoms with Crippen molar-refractivity contribution < 1.29 is 9.18 Å². The van der Waals surface area contributed by atoms with Gasteiger partial charge in [0.2, 0.25) is 0 Å². The van der Waals surface area contributed by atoms with E-state index in [9.17, 15) is 9.18 Å². The number of pyridine rings is 2. The molecule has 2 aromatic heterocycles. The van der Waals surface area contributed by atoms with Gasteiger partial charge in [-0.15, -0.1) is 0 Å². The lowest BCUT2D eigenvalue weighted by molar-refractivity contribution is 0.180. The molecule has 34 heavy (non-hydrogen) atoms. The number of piperidine rings is 1. The van der Waals surface area contributed by atoms with E-state index in [2.05, 4.69) is 20.3 Å². The molecule has 0 radical (unpaired) electrons. The number of aliphatic imine (C=N–C) groups is 1. The first-order valence-corrected chi connectivity index (χ1v) is 11.3. The second-order valence-electron chi connectivity index (χ2n) is 8.10. The number of nitrogens with two attached hydrogens (primary N) is 2. The van der Waals surface area contributed by atoms with Crippen molar-refractivity contribution >= 4 is 40.9 Å². The lowest BCUT2D eigenvalue weighted by Gasteiger charge is -2.29. The molecule has 5 N–H and O–H groups in total. The van der Waals surface area contributed by atoms with Crippen LogP contribution in [0.3, 0.4) is 0 Å². The van der Waals surface area contributed by atoms with Gasteiger partial charge in [0.25, 0.3) is 0 Å². The monoisotopic (exact) mass is 481 g/mol. The standard InChI is InChI=1S/C24H25ClFN7O/c25-16-1-2-19(26)18(11-16)21-12-17(3-7-30-21)32-20-4-8-31-22(23(20)27)14-29-13-15-5-9-33(10-6-15)24(28)34/h1-4,7-8,11-12,14-15H,5-6,9-10,13,27H2,(H2,28,34)(H,30,31,32). The first-order valence-electron chi connectivity index (χ1n) is 10.9. The molecule has 8 nitrogen and oxygen atoms in total. The van der Waals surface area contributed by atoms with E-state index in [4.69, 9.17) is 23.1 Å². The van der Waals surface area contributed by atoms with Gasteiger partial charge in [-0.3, -0.25) is 15.0 Å². The molecule has 3 heterocycles. The van der Waals surface area contributed by atoms with Crippen LogP contribution in [0.1, 0.15) is 18.5 Å². The van der Waals surface area contributed by atoms with Crippen LogP contribution in [0.25, 0.3) is 11.3 Å². The van der Waals surface area contributed by atoms with Gasteiger partial charge in [0.05, 0.1) is 17.1 Å². The molecule has 176 valence electrons. The van der Waals surface area contributed by atoms with Crippen molar-refractivity contribution in [1.82, 2.24) is 14.9 Å². The second kappa shape index (κ2) is 10.5. The summed E-state index contributed by atoms with van der Waals surface area (Å²) in [5.74, 6) is -0.0206. The summed E-state index contributed by atoms with van der Waals surface area (Å²) < 4.78 is 14.3. The summed E-state index contributed by atoms with van der Waals surface area (Å²) in [7, 11) is 0. The van der Waals surface area contributed by atoms with Crippen molar-refractivity contribution in [2.45, 2.75) is 12.8 Å². The normalized spacial score (nSPS) is 14.5. The predicted molar refractivity (Wildman–Crippen MR) is 133 cm³/mol. The van der Waals surface area contributed by atoms with E-state index < -0.39 is 5.82 Å². The first-order chi connectivity index (χ1) is 16.4. The zero-order chi connectivity index (χ0) is 24.1. The number of hydrogen-bond donors (Lipinski definition) is 3. The first kappa shape index (κ1) is 23.4. The molecule has 1 saturated heterocycles. The smallest absolute Gasteiger partial charge is 0.314 e. The molecule has 3 aromatic rings. The van der Waals surface area contributed by atoms with Crippen molar-refractivity contribution in [3.05, 3.63) is 65.3 Å². The maximum absolute atomic E-state index is 14.3. The number of anilines is 3. The Hall–Kier alpha value is -3.72. The van der Waals surface area contributed by atoms with Crippen LogP contribution in [-0.2, 0) is 0 Å². The second-order valence-corrected chi connectivity index (χ2v) is 8.54. The molecule has 1 aromatic carbocycles. The third-order valence-electron chi connectivity index (χ3n) is 5.77. The van der Waals surface area contributed by atoms with E-state index in [0.717, 1.165) is 12.8 Å². The summed E-state index contributed by atoms with van der Waals surface area (Å²) >= 11 is 6.02. The number of primary amides is 1.